The Bertz CT molecular complexity index is 1490. The molecule has 0 fully saturated rings. The quantitative estimate of drug-likeness (QED) is 0.384. The van der Waals surface area contributed by atoms with E-state index in [2.05, 4.69) is 4.99 Å². The molecule has 1 aromatic heterocycles. The monoisotopic (exact) mass is 534 g/mol. The first-order valence-electron chi connectivity index (χ1n) is 10.3. The number of halogens is 2. The van der Waals surface area contributed by atoms with Gasteiger partial charge in [0, 0.05) is 15.5 Å². The molecule has 0 radical (unpaired) electrons. The highest BCUT2D eigenvalue weighted by atomic mass is 35.5. The molecule has 0 amide bonds. The van der Waals surface area contributed by atoms with E-state index in [9.17, 15) is 14.7 Å². The number of rotatable bonds is 5. The average Bonchev–Trinajstić information content (AvgIpc) is 3.10. The van der Waals surface area contributed by atoms with Gasteiger partial charge in [-0.1, -0.05) is 46.7 Å². The number of carbonyl (C=O) groups excluding carboxylic acids is 1. The molecule has 4 rings (SSSR count). The van der Waals surface area contributed by atoms with Crippen molar-refractivity contribution in [3.05, 3.63) is 88.5 Å². The van der Waals surface area contributed by atoms with Gasteiger partial charge in [0.1, 0.15) is 5.75 Å². The minimum Gasteiger partial charge on any atom is -0.506 e. The van der Waals surface area contributed by atoms with E-state index in [1.807, 2.05) is 30.5 Å². The van der Waals surface area contributed by atoms with Gasteiger partial charge in [0.15, 0.2) is 4.80 Å². The molecule has 0 saturated heterocycles. The Hall–Kier alpha value is -2.52. The van der Waals surface area contributed by atoms with Crippen molar-refractivity contribution in [2.75, 3.05) is 12.9 Å². The highest BCUT2D eigenvalue weighted by Crippen LogP contribution is 2.33. The molecule has 1 aliphatic rings. The smallest absolute Gasteiger partial charge is 0.338 e. The lowest BCUT2D eigenvalue weighted by Crippen LogP contribution is -2.39. The van der Waals surface area contributed by atoms with E-state index in [4.69, 9.17) is 27.9 Å². The molecule has 176 valence electrons. The van der Waals surface area contributed by atoms with Crippen LogP contribution in [0, 0.1) is 0 Å². The number of aromatic nitrogens is 1. The predicted molar refractivity (Wildman–Crippen MR) is 137 cm³/mol. The molecule has 2 heterocycles. The minimum atomic E-state index is -0.704. The third-order valence-electron chi connectivity index (χ3n) is 5.29. The minimum absolute atomic E-state index is 0.0822. The van der Waals surface area contributed by atoms with Crippen molar-refractivity contribution in [2.24, 2.45) is 4.99 Å². The molecular formula is C24H20Cl2N2O4S2. The third kappa shape index (κ3) is 4.55. The van der Waals surface area contributed by atoms with E-state index in [0.29, 0.717) is 31.2 Å². The molecule has 1 N–H and O–H groups in total. The van der Waals surface area contributed by atoms with Crippen molar-refractivity contribution in [2.45, 2.75) is 24.8 Å². The maximum Gasteiger partial charge on any atom is 0.338 e. The number of thiazole rings is 1. The average molecular weight is 535 g/mol. The lowest BCUT2D eigenvalue weighted by atomic mass is 9.96. The van der Waals surface area contributed by atoms with Gasteiger partial charge in [0.05, 0.1) is 33.5 Å². The Balaban J connectivity index is 1.97. The normalized spacial score (nSPS) is 15.8. The van der Waals surface area contributed by atoms with Crippen LogP contribution in [0.4, 0.5) is 0 Å². The fraction of sp³-hybridized carbons (Fsp3) is 0.208. The first-order chi connectivity index (χ1) is 16.2. The molecule has 0 bridgehead atoms. The van der Waals surface area contributed by atoms with E-state index >= 15 is 0 Å². The van der Waals surface area contributed by atoms with Crippen molar-refractivity contribution in [3.8, 4) is 5.75 Å². The molecule has 0 spiro atoms. The van der Waals surface area contributed by atoms with Gasteiger partial charge >= 0.3 is 5.97 Å². The van der Waals surface area contributed by atoms with Crippen molar-refractivity contribution < 1.29 is 14.6 Å². The van der Waals surface area contributed by atoms with Crippen LogP contribution >= 0.6 is 46.3 Å². The zero-order valence-electron chi connectivity index (χ0n) is 18.5. The molecule has 3 aromatic rings. The highest BCUT2D eigenvalue weighted by molar-refractivity contribution is 7.98. The van der Waals surface area contributed by atoms with Gasteiger partial charge in [-0.05, 0) is 56.0 Å². The summed E-state index contributed by atoms with van der Waals surface area (Å²) in [5.41, 5.74) is 1.51. The maximum absolute atomic E-state index is 13.6. The number of benzene rings is 2. The predicted octanol–water partition coefficient (Wildman–Crippen LogP) is 4.53. The second-order valence-electron chi connectivity index (χ2n) is 7.40. The SMILES string of the molecule is CCOC(=O)C1=C(C)N=c2s/c(=C\c3cc(Cl)cc(Cl)c3O)c(=O)n2C1c1ccc(SC)cc1. The van der Waals surface area contributed by atoms with E-state index in [0.717, 1.165) is 21.8 Å². The van der Waals surface area contributed by atoms with Crippen molar-refractivity contribution >= 4 is 58.3 Å². The molecule has 1 unspecified atom stereocenters. The number of hydrogen-bond donors (Lipinski definition) is 1. The Morgan fingerprint density at radius 3 is 2.65 bits per heavy atom. The Labute approximate surface area is 213 Å². The molecule has 0 aliphatic carbocycles. The number of phenolic OH excluding ortho intramolecular Hbond substituents is 1. The zero-order valence-corrected chi connectivity index (χ0v) is 21.6. The Morgan fingerprint density at radius 1 is 1.29 bits per heavy atom. The summed E-state index contributed by atoms with van der Waals surface area (Å²) >= 11 is 14.9. The third-order valence-corrected chi connectivity index (χ3v) is 7.53. The lowest BCUT2D eigenvalue weighted by molar-refractivity contribution is -0.139. The van der Waals surface area contributed by atoms with Crippen LogP contribution in [0.1, 0.15) is 31.0 Å². The number of aromatic hydroxyl groups is 1. The van der Waals surface area contributed by atoms with Crippen LogP contribution in [-0.2, 0) is 9.53 Å². The number of nitrogens with zero attached hydrogens (tertiary/aromatic N) is 2. The number of ether oxygens (including phenoxy) is 1. The first-order valence-corrected chi connectivity index (χ1v) is 13.1. The largest absolute Gasteiger partial charge is 0.506 e. The second-order valence-corrected chi connectivity index (χ2v) is 10.1. The van der Waals surface area contributed by atoms with Gasteiger partial charge in [0.25, 0.3) is 5.56 Å². The van der Waals surface area contributed by atoms with Crippen LogP contribution in [0.5, 0.6) is 5.75 Å². The molecule has 1 atom stereocenters. The van der Waals surface area contributed by atoms with Gasteiger partial charge in [-0.3, -0.25) is 9.36 Å². The Morgan fingerprint density at radius 2 is 2.00 bits per heavy atom. The van der Waals surface area contributed by atoms with Crippen LogP contribution in [0.3, 0.4) is 0 Å². The van der Waals surface area contributed by atoms with E-state index in [1.165, 1.54) is 22.8 Å². The molecule has 34 heavy (non-hydrogen) atoms. The second kappa shape index (κ2) is 10.00. The fourth-order valence-electron chi connectivity index (χ4n) is 3.73. The van der Waals surface area contributed by atoms with Crippen molar-refractivity contribution in [1.29, 1.82) is 0 Å². The molecule has 1 aliphatic heterocycles. The summed E-state index contributed by atoms with van der Waals surface area (Å²) in [4.78, 5) is 32.6. The van der Waals surface area contributed by atoms with Crippen LogP contribution in [0.25, 0.3) is 6.08 Å². The maximum atomic E-state index is 13.6. The molecular weight excluding hydrogens is 515 g/mol. The molecule has 0 saturated carbocycles. The van der Waals surface area contributed by atoms with Crippen LogP contribution in [0.2, 0.25) is 10.0 Å². The summed E-state index contributed by atoms with van der Waals surface area (Å²) in [6, 6.07) is 9.92. The number of carbonyl (C=O) groups is 1. The summed E-state index contributed by atoms with van der Waals surface area (Å²) in [5.74, 6) is -0.694. The summed E-state index contributed by atoms with van der Waals surface area (Å²) in [7, 11) is 0. The van der Waals surface area contributed by atoms with Gasteiger partial charge in [0.2, 0.25) is 0 Å². The highest BCUT2D eigenvalue weighted by Gasteiger charge is 2.33. The van der Waals surface area contributed by atoms with E-state index < -0.39 is 12.0 Å². The number of hydrogen-bond acceptors (Lipinski definition) is 7. The number of esters is 1. The lowest BCUT2D eigenvalue weighted by Gasteiger charge is -2.24. The van der Waals surface area contributed by atoms with Gasteiger partial charge < -0.3 is 9.84 Å². The summed E-state index contributed by atoms with van der Waals surface area (Å²) < 4.78 is 7.11. The number of thioether (sulfide) groups is 1. The molecule has 6 nitrogen and oxygen atoms in total. The number of phenols is 1. The van der Waals surface area contributed by atoms with Gasteiger partial charge in [-0.2, -0.15) is 0 Å². The summed E-state index contributed by atoms with van der Waals surface area (Å²) in [5, 5.41) is 10.8. The number of allylic oxidation sites excluding steroid dienone is 1. The van der Waals surface area contributed by atoms with E-state index in [-0.39, 0.29) is 22.9 Å². The van der Waals surface area contributed by atoms with Crippen molar-refractivity contribution in [1.82, 2.24) is 4.57 Å². The van der Waals surface area contributed by atoms with Crippen LogP contribution < -0.4 is 14.9 Å². The summed E-state index contributed by atoms with van der Waals surface area (Å²) in [6.45, 7) is 3.66. The van der Waals surface area contributed by atoms with Crippen molar-refractivity contribution in [3.63, 3.8) is 0 Å². The van der Waals surface area contributed by atoms with Gasteiger partial charge in [-0.25, -0.2) is 9.79 Å². The van der Waals surface area contributed by atoms with Gasteiger partial charge in [-0.15, -0.1) is 11.8 Å². The zero-order chi connectivity index (χ0) is 24.6. The number of fused-ring (bicyclic) bond motifs is 1. The summed E-state index contributed by atoms with van der Waals surface area (Å²) in [6.07, 6.45) is 3.50. The fourth-order valence-corrected chi connectivity index (χ4v) is 5.69. The van der Waals surface area contributed by atoms with Crippen LogP contribution in [0.15, 0.2) is 62.4 Å². The first kappa shape index (κ1) is 24.6. The Kier molecular flexibility index (Phi) is 7.23. The molecule has 2 aromatic carbocycles. The topological polar surface area (TPSA) is 80.9 Å². The standard InChI is InChI=1S/C24H20Cl2N2O4S2/c1-4-32-23(31)19-12(2)27-24-28(20(19)13-5-7-16(33-3)8-6-13)22(30)18(34-24)10-14-9-15(25)11-17(26)21(14)29/h5-11,20,29H,4H2,1-3H3/b18-10-. The molecule has 10 heteroatoms. The van der Waals surface area contributed by atoms with Crippen LogP contribution in [-0.4, -0.2) is 28.5 Å². The van der Waals surface area contributed by atoms with E-state index in [1.54, 1.807) is 25.6 Å².